The van der Waals surface area contributed by atoms with Gasteiger partial charge in [-0.3, -0.25) is 9.36 Å². The topological polar surface area (TPSA) is 64.4 Å². The van der Waals surface area contributed by atoms with E-state index in [0.717, 1.165) is 10.0 Å². The highest BCUT2D eigenvalue weighted by molar-refractivity contribution is 9.10. The van der Waals surface area contributed by atoms with Crippen LogP contribution < -0.4 is 5.56 Å². The van der Waals surface area contributed by atoms with Crippen LogP contribution in [0.1, 0.15) is 45.2 Å². The quantitative estimate of drug-likeness (QED) is 0.696. The number of rotatable bonds is 1. The molecule has 0 unspecified atom stereocenters. The molecule has 7 heteroatoms. The third-order valence-corrected chi connectivity index (χ3v) is 5.02. The van der Waals surface area contributed by atoms with Crippen molar-refractivity contribution in [2.75, 3.05) is 13.1 Å². The van der Waals surface area contributed by atoms with Gasteiger partial charge in [0.2, 0.25) is 0 Å². The van der Waals surface area contributed by atoms with Gasteiger partial charge in [0.1, 0.15) is 5.60 Å². The largest absolute Gasteiger partial charge is 0.444 e. The second-order valence-corrected chi connectivity index (χ2v) is 8.69. The molecule has 26 heavy (non-hydrogen) atoms. The zero-order chi connectivity index (χ0) is 19.1. The Kier molecular flexibility index (Phi) is 5.10. The molecule has 0 radical (unpaired) electrons. The smallest absolute Gasteiger partial charge is 0.410 e. The number of likely N-dealkylation sites (tertiary alicyclic amines) is 1. The van der Waals surface area contributed by atoms with Crippen LogP contribution in [0.5, 0.6) is 0 Å². The standard InChI is InChI=1S/C19H24BrN3O3/c1-12-9-13(20)10-15-16(12)17(24)23(11-21-15)14-5-7-22(8-6-14)18(25)26-19(2,3)4/h9-11,14H,5-8H2,1-4H3. The van der Waals surface area contributed by atoms with E-state index in [4.69, 9.17) is 4.74 Å². The fourth-order valence-corrected chi connectivity index (χ4v) is 3.88. The second-order valence-electron chi connectivity index (χ2n) is 7.77. The summed E-state index contributed by atoms with van der Waals surface area (Å²) in [5.41, 5.74) is 1.09. The number of aryl methyl sites for hydroxylation is 1. The summed E-state index contributed by atoms with van der Waals surface area (Å²) in [4.78, 5) is 31.3. The van der Waals surface area contributed by atoms with Crippen molar-refractivity contribution in [3.63, 3.8) is 0 Å². The summed E-state index contributed by atoms with van der Waals surface area (Å²) in [5, 5.41) is 0.658. The summed E-state index contributed by atoms with van der Waals surface area (Å²) in [6.45, 7) is 8.65. The highest BCUT2D eigenvalue weighted by Crippen LogP contribution is 2.25. The lowest BCUT2D eigenvalue weighted by Gasteiger charge is -2.34. The highest BCUT2D eigenvalue weighted by atomic mass is 79.9. The first-order chi connectivity index (χ1) is 12.2. The Morgan fingerprint density at radius 2 is 1.92 bits per heavy atom. The van der Waals surface area contributed by atoms with Crippen molar-refractivity contribution < 1.29 is 9.53 Å². The normalized spacial score (nSPS) is 16.1. The Bertz CT molecular complexity index is 893. The van der Waals surface area contributed by atoms with Gasteiger partial charge in [0.15, 0.2) is 0 Å². The summed E-state index contributed by atoms with van der Waals surface area (Å²) < 4.78 is 8.06. The van der Waals surface area contributed by atoms with Crippen LogP contribution in [0, 0.1) is 6.92 Å². The maximum Gasteiger partial charge on any atom is 0.410 e. The van der Waals surface area contributed by atoms with Crippen LogP contribution in [0.15, 0.2) is 27.7 Å². The van der Waals surface area contributed by atoms with Crippen LogP contribution in [0.4, 0.5) is 4.79 Å². The number of hydrogen-bond donors (Lipinski definition) is 0. The van der Waals surface area contributed by atoms with E-state index in [1.165, 1.54) is 0 Å². The van der Waals surface area contributed by atoms with E-state index in [1.54, 1.807) is 15.8 Å². The maximum atomic E-state index is 13.0. The molecule has 140 valence electrons. The number of carbonyl (C=O) groups excluding carboxylic acids is 1. The minimum atomic E-state index is -0.501. The zero-order valence-electron chi connectivity index (χ0n) is 15.6. The summed E-state index contributed by atoms with van der Waals surface area (Å²) in [7, 11) is 0. The first kappa shape index (κ1) is 18.9. The summed E-state index contributed by atoms with van der Waals surface area (Å²) >= 11 is 3.45. The number of carbonyl (C=O) groups is 1. The van der Waals surface area contributed by atoms with E-state index in [2.05, 4.69) is 20.9 Å². The number of piperidine rings is 1. The number of aromatic nitrogens is 2. The number of nitrogens with zero attached hydrogens (tertiary/aromatic N) is 3. The van der Waals surface area contributed by atoms with Gasteiger partial charge in [-0.2, -0.15) is 0 Å². The highest BCUT2D eigenvalue weighted by Gasteiger charge is 2.28. The van der Waals surface area contributed by atoms with E-state index in [1.807, 2.05) is 39.8 Å². The SMILES string of the molecule is Cc1cc(Br)cc2ncn(C3CCN(C(=O)OC(C)(C)C)CC3)c(=O)c12. The van der Waals surface area contributed by atoms with Crippen molar-refractivity contribution in [1.29, 1.82) is 0 Å². The van der Waals surface area contributed by atoms with Crippen LogP contribution in [-0.2, 0) is 4.74 Å². The lowest BCUT2D eigenvalue weighted by molar-refractivity contribution is 0.0187. The number of benzene rings is 1. The van der Waals surface area contributed by atoms with Gasteiger partial charge in [0.05, 0.1) is 17.2 Å². The second kappa shape index (κ2) is 7.02. The van der Waals surface area contributed by atoms with E-state index in [0.29, 0.717) is 36.8 Å². The molecule has 0 N–H and O–H groups in total. The van der Waals surface area contributed by atoms with Gasteiger partial charge < -0.3 is 9.64 Å². The number of amides is 1. The lowest BCUT2D eigenvalue weighted by Crippen LogP contribution is -2.43. The molecule has 1 saturated heterocycles. The number of halogens is 1. The molecule has 6 nitrogen and oxygen atoms in total. The third kappa shape index (κ3) is 3.92. The van der Waals surface area contributed by atoms with Gasteiger partial charge >= 0.3 is 6.09 Å². The average molecular weight is 422 g/mol. The van der Waals surface area contributed by atoms with Crippen LogP contribution in [0.2, 0.25) is 0 Å². The summed E-state index contributed by atoms with van der Waals surface area (Å²) in [5.74, 6) is 0. The number of hydrogen-bond acceptors (Lipinski definition) is 4. The molecule has 0 spiro atoms. The van der Waals surface area contributed by atoms with Crippen molar-refractivity contribution in [3.05, 3.63) is 38.9 Å². The zero-order valence-corrected chi connectivity index (χ0v) is 17.2. The molecule has 1 aliphatic heterocycles. The molecule has 0 aliphatic carbocycles. The Morgan fingerprint density at radius 1 is 1.27 bits per heavy atom. The predicted octanol–water partition coefficient (Wildman–Crippen LogP) is 4.04. The van der Waals surface area contributed by atoms with E-state index in [-0.39, 0.29) is 17.7 Å². The summed E-state index contributed by atoms with van der Waals surface area (Å²) in [6, 6.07) is 3.83. The number of ether oxygens (including phenoxy) is 1. The minimum absolute atomic E-state index is 0.0179. The Labute approximate surface area is 161 Å². The van der Waals surface area contributed by atoms with Crippen LogP contribution in [-0.4, -0.2) is 39.2 Å². The first-order valence-corrected chi connectivity index (χ1v) is 9.60. The van der Waals surface area contributed by atoms with Gasteiger partial charge in [-0.1, -0.05) is 15.9 Å². The van der Waals surface area contributed by atoms with Gasteiger partial charge in [0, 0.05) is 23.6 Å². The molecule has 1 fully saturated rings. The molecular formula is C19H24BrN3O3. The van der Waals surface area contributed by atoms with Gasteiger partial charge in [-0.15, -0.1) is 0 Å². The first-order valence-electron chi connectivity index (χ1n) is 8.80. The molecule has 3 rings (SSSR count). The van der Waals surface area contributed by atoms with Crippen LogP contribution >= 0.6 is 15.9 Å². The van der Waals surface area contributed by atoms with Crippen LogP contribution in [0.3, 0.4) is 0 Å². The molecular weight excluding hydrogens is 398 g/mol. The minimum Gasteiger partial charge on any atom is -0.444 e. The molecule has 1 amide bonds. The fourth-order valence-electron chi connectivity index (χ4n) is 3.32. The maximum absolute atomic E-state index is 13.0. The van der Waals surface area contributed by atoms with Crippen molar-refractivity contribution in [2.45, 2.75) is 52.2 Å². The van der Waals surface area contributed by atoms with E-state index in [9.17, 15) is 9.59 Å². The van der Waals surface area contributed by atoms with Crippen molar-refractivity contribution >= 4 is 32.9 Å². The molecule has 2 heterocycles. The van der Waals surface area contributed by atoms with Crippen molar-refractivity contribution in [2.24, 2.45) is 0 Å². The predicted molar refractivity (Wildman–Crippen MR) is 105 cm³/mol. The Hall–Kier alpha value is -1.89. The number of fused-ring (bicyclic) bond motifs is 1. The van der Waals surface area contributed by atoms with Crippen molar-refractivity contribution in [3.8, 4) is 0 Å². The molecule has 0 saturated carbocycles. The fraction of sp³-hybridized carbons (Fsp3) is 0.526. The van der Waals surface area contributed by atoms with E-state index < -0.39 is 5.60 Å². The molecule has 2 aromatic rings. The van der Waals surface area contributed by atoms with Gasteiger partial charge in [0.25, 0.3) is 5.56 Å². The Morgan fingerprint density at radius 3 is 2.54 bits per heavy atom. The Balaban J connectivity index is 1.79. The molecule has 0 bridgehead atoms. The third-order valence-electron chi connectivity index (χ3n) is 4.56. The monoisotopic (exact) mass is 421 g/mol. The average Bonchev–Trinajstić information content (AvgIpc) is 2.53. The van der Waals surface area contributed by atoms with Gasteiger partial charge in [-0.25, -0.2) is 9.78 Å². The van der Waals surface area contributed by atoms with Crippen molar-refractivity contribution in [1.82, 2.24) is 14.5 Å². The van der Waals surface area contributed by atoms with Crippen LogP contribution in [0.25, 0.3) is 10.9 Å². The molecule has 1 aromatic heterocycles. The van der Waals surface area contributed by atoms with E-state index >= 15 is 0 Å². The summed E-state index contributed by atoms with van der Waals surface area (Å²) in [6.07, 6.45) is 2.76. The molecule has 0 atom stereocenters. The molecule has 1 aliphatic rings. The van der Waals surface area contributed by atoms with Gasteiger partial charge in [-0.05, 0) is 58.2 Å². The molecule has 1 aromatic carbocycles. The lowest BCUT2D eigenvalue weighted by atomic mass is 10.0.